The number of nitrogens with zero attached hydrogens (tertiary/aromatic N) is 5. The molecule has 1 N–H and O–H groups in total. The molecule has 3 rings (SSSR count). The third-order valence-corrected chi connectivity index (χ3v) is 3.38. The minimum absolute atomic E-state index is 0.538. The molecule has 20 heavy (non-hydrogen) atoms. The standard InChI is InChI=1S/C13H7BrN6/c14-11-2-1-8(5-10(11)6-15)12-18-13(20-19-12)9-3-4-16-17-7-9/h1-5,7H,(H,18,19,20). The Morgan fingerprint density at radius 2 is 2.05 bits per heavy atom. The Hall–Kier alpha value is -2.59. The van der Waals surface area contributed by atoms with E-state index in [1.807, 2.05) is 12.1 Å². The summed E-state index contributed by atoms with van der Waals surface area (Å²) in [4.78, 5) is 4.40. The summed E-state index contributed by atoms with van der Waals surface area (Å²) >= 11 is 3.32. The van der Waals surface area contributed by atoms with Gasteiger partial charge < -0.3 is 0 Å². The number of nitrogens with one attached hydrogen (secondary N) is 1. The first kappa shape index (κ1) is 12.4. The van der Waals surface area contributed by atoms with E-state index in [-0.39, 0.29) is 0 Å². The second-order valence-corrected chi connectivity index (χ2v) is 4.80. The maximum atomic E-state index is 9.03. The molecule has 0 saturated heterocycles. The molecule has 0 aliphatic rings. The Balaban J connectivity index is 2.01. The topological polar surface area (TPSA) is 91.1 Å². The summed E-state index contributed by atoms with van der Waals surface area (Å²) in [6.07, 6.45) is 3.17. The van der Waals surface area contributed by atoms with Gasteiger partial charge in [0, 0.05) is 15.6 Å². The first-order chi connectivity index (χ1) is 9.78. The van der Waals surface area contributed by atoms with Crippen LogP contribution in [-0.2, 0) is 0 Å². The molecule has 0 saturated carbocycles. The van der Waals surface area contributed by atoms with Crippen LogP contribution in [0.1, 0.15) is 5.56 Å². The van der Waals surface area contributed by atoms with Gasteiger partial charge in [0.05, 0.1) is 18.0 Å². The van der Waals surface area contributed by atoms with E-state index in [2.05, 4.69) is 47.4 Å². The molecule has 0 aliphatic carbocycles. The van der Waals surface area contributed by atoms with Crippen LogP contribution in [0.15, 0.2) is 41.1 Å². The van der Waals surface area contributed by atoms with Gasteiger partial charge in [0.15, 0.2) is 11.6 Å². The molecule has 0 amide bonds. The minimum atomic E-state index is 0.538. The molecule has 0 unspecified atom stereocenters. The monoisotopic (exact) mass is 326 g/mol. The molecule has 2 heterocycles. The molecule has 3 aromatic rings. The van der Waals surface area contributed by atoms with E-state index in [9.17, 15) is 0 Å². The lowest BCUT2D eigenvalue weighted by Gasteiger charge is -1.98. The van der Waals surface area contributed by atoms with Crippen molar-refractivity contribution in [3.63, 3.8) is 0 Å². The molecule has 0 aliphatic heterocycles. The van der Waals surface area contributed by atoms with Crippen molar-refractivity contribution in [3.8, 4) is 28.8 Å². The molecule has 6 nitrogen and oxygen atoms in total. The van der Waals surface area contributed by atoms with Gasteiger partial charge in [-0.15, -0.1) is 0 Å². The van der Waals surface area contributed by atoms with Crippen LogP contribution in [0.4, 0.5) is 0 Å². The Bertz CT molecular complexity index is 790. The number of aromatic nitrogens is 5. The van der Waals surface area contributed by atoms with E-state index in [1.54, 1.807) is 24.5 Å². The lowest BCUT2D eigenvalue weighted by Crippen LogP contribution is -1.85. The molecule has 7 heteroatoms. The van der Waals surface area contributed by atoms with Gasteiger partial charge in [-0.1, -0.05) is 0 Å². The molecule has 0 bridgehead atoms. The lowest BCUT2D eigenvalue weighted by atomic mass is 10.1. The van der Waals surface area contributed by atoms with Crippen molar-refractivity contribution in [2.75, 3.05) is 0 Å². The highest BCUT2D eigenvalue weighted by Crippen LogP contribution is 2.24. The van der Waals surface area contributed by atoms with Crippen molar-refractivity contribution in [2.45, 2.75) is 0 Å². The van der Waals surface area contributed by atoms with Gasteiger partial charge in [-0.3, -0.25) is 5.10 Å². The zero-order valence-electron chi connectivity index (χ0n) is 10.1. The van der Waals surface area contributed by atoms with Gasteiger partial charge in [0.25, 0.3) is 0 Å². The van der Waals surface area contributed by atoms with E-state index in [4.69, 9.17) is 5.26 Å². The summed E-state index contributed by atoms with van der Waals surface area (Å²) in [7, 11) is 0. The molecule has 0 atom stereocenters. The summed E-state index contributed by atoms with van der Waals surface area (Å²) in [5.41, 5.74) is 2.12. The number of halogens is 1. The molecule has 0 radical (unpaired) electrons. The van der Waals surface area contributed by atoms with E-state index < -0.39 is 0 Å². The normalized spacial score (nSPS) is 10.2. The highest BCUT2D eigenvalue weighted by Gasteiger charge is 2.09. The number of rotatable bonds is 2. The Labute approximate surface area is 122 Å². The van der Waals surface area contributed by atoms with E-state index in [0.717, 1.165) is 15.6 Å². The van der Waals surface area contributed by atoms with Gasteiger partial charge in [-0.25, -0.2) is 4.98 Å². The zero-order chi connectivity index (χ0) is 13.9. The highest BCUT2D eigenvalue weighted by atomic mass is 79.9. The fraction of sp³-hybridized carbons (Fsp3) is 0. The largest absolute Gasteiger partial charge is 0.259 e. The summed E-state index contributed by atoms with van der Waals surface area (Å²) in [5.74, 6) is 1.14. The number of hydrogen-bond acceptors (Lipinski definition) is 5. The molecule has 1 aromatic carbocycles. The van der Waals surface area contributed by atoms with Crippen LogP contribution in [0, 0.1) is 11.3 Å². The molecule has 96 valence electrons. The minimum Gasteiger partial charge on any atom is -0.259 e. The zero-order valence-corrected chi connectivity index (χ0v) is 11.7. The first-order valence-electron chi connectivity index (χ1n) is 5.67. The van der Waals surface area contributed by atoms with Crippen LogP contribution in [0.25, 0.3) is 22.8 Å². The van der Waals surface area contributed by atoms with Gasteiger partial charge in [0.1, 0.15) is 6.07 Å². The van der Waals surface area contributed by atoms with E-state index in [1.165, 1.54) is 0 Å². The summed E-state index contributed by atoms with van der Waals surface area (Å²) in [5, 5.41) is 23.5. The number of hydrogen-bond donors (Lipinski definition) is 1. The average molecular weight is 327 g/mol. The van der Waals surface area contributed by atoms with E-state index >= 15 is 0 Å². The first-order valence-corrected chi connectivity index (χ1v) is 6.47. The summed E-state index contributed by atoms with van der Waals surface area (Å²) in [6.45, 7) is 0. The number of benzene rings is 1. The Kier molecular flexibility index (Phi) is 3.23. The van der Waals surface area contributed by atoms with Crippen LogP contribution in [0.5, 0.6) is 0 Å². The molecule has 0 spiro atoms. The number of aromatic amines is 1. The SMILES string of the molecule is N#Cc1cc(-c2nc(-c3ccnnc3)n[nH]2)ccc1Br. The van der Waals surface area contributed by atoms with Crippen molar-refractivity contribution in [2.24, 2.45) is 0 Å². The third-order valence-electron chi connectivity index (χ3n) is 2.69. The smallest absolute Gasteiger partial charge is 0.183 e. The maximum absolute atomic E-state index is 9.03. The van der Waals surface area contributed by atoms with Gasteiger partial charge in [0.2, 0.25) is 0 Å². The Morgan fingerprint density at radius 3 is 2.80 bits per heavy atom. The second kappa shape index (κ2) is 5.19. The van der Waals surface area contributed by atoms with Crippen molar-refractivity contribution in [1.29, 1.82) is 5.26 Å². The van der Waals surface area contributed by atoms with Crippen LogP contribution in [0.3, 0.4) is 0 Å². The van der Waals surface area contributed by atoms with Crippen molar-refractivity contribution in [3.05, 3.63) is 46.7 Å². The summed E-state index contributed by atoms with van der Waals surface area (Å²) < 4.78 is 0.752. The maximum Gasteiger partial charge on any atom is 0.183 e. The Morgan fingerprint density at radius 1 is 1.15 bits per heavy atom. The average Bonchev–Trinajstić information content (AvgIpc) is 2.98. The van der Waals surface area contributed by atoms with Crippen molar-refractivity contribution in [1.82, 2.24) is 25.4 Å². The fourth-order valence-electron chi connectivity index (χ4n) is 1.70. The predicted molar refractivity (Wildman–Crippen MR) is 75.3 cm³/mol. The van der Waals surface area contributed by atoms with E-state index in [0.29, 0.717) is 17.2 Å². The second-order valence-electron chi connectivity index (χ2n) is 3.95. The van der Waals surface area contributed by atoms with Gasteiger partial charge in [-0.05, 0) is 40.2 Å². The summed E-state index contributed by atoms with van der Waals surface area (Å²) in [6, 6.07) is 9.32. The van der Waals surface area contributed by atoms with Crippen LogP contribution in [0.2, 0.25) is 0 Å². The van der Waals surface area contributed by atoms with Crippen molar-refractivity contribution >= 4 is 15.9 Å². The fourth-order valence-corrected chi connectivity index (χ4v) is 2.04. The molecular formula is C13H7BrN6. The quantitative estimate of drug-likeness (QED) is 0.781. The number of H-pyrrole nitrogens is 1. The van der Waals surface area contributed by atoms with Crippen LogP contribution in [-0.4, -0.2) is 25.4 Å². The third kappa shape index (κ3) is 2.29. The number of nitriles is 1. The van der Waals surface area contributed by atoms with Gasteiger partial charge in [-0.2, -0.15) is 20.6 Å². The van der Waals surface area contributed by atoms with Crippen LogP contribution < -0.4 is 0 Å². The van der Waals surface area contributed by atoms with Gasteiger partial charge >= 0.3 is 0 Å². The van der Waals surface area contributed by atoms with Crippen molar-refractivity contribution < 1.29 is 0 Å². The molecule has 0 fully saturated rings. The van der Waals surface area contributed by atoms with Crippen LogP contribution >= 0.6 is 15.9 Å². The predicted octanol–water partition coefficient (Wildman–Crippen LogP) is 2.56. The highest BCUT2D eigenvalue weighted by molar-refractivity contribution is 9.10. The molecular weight excluding hydrogens is 320 g/mol. The molecule has 2 aromatic heterocycles. The lowest BCUT2D eigenvalue weighted by molar-refractivity contribution is 1.02.